The number of nitrogens with one attached hydrogen (secondary N) is 1. The van der Waals surface area contributed by atoms with Gasteiger partial charge in [-0.3, -0.25) is 4.79 Å². The van der Waals surface area contributed by atoms with E-state index in [4.69, 9.17) is 4.74 Å². The first-order chi connectivity index (χ1) is 4.70. The second-order valence-corrected chi connectivity index (χ2v) is 2.78. The van der Waals surface area contributed by atoms with Crippen molar-refractivity contribution in [3.05, 3.63) is 0 Å². The van der Waals surface area contributed by atoms with E-state index in [-0.39, 0.29) is 18.1 Å². The van der Waals surface area contributed by atoms with Crippen molar-refractivity contribution >= 4 is 5.97 Å². The Morgan fingerprint density at radius 1 is 1.70 bits per heavy atom. The second kappa shape index (κ2) is 3.01. The van der Waals surface area contributed by atoms with E-state index in [1.807, 2.05) is 13.8 Å². The van der Waals surface area contributed by atoms with Crippen LogP contribution in [0.15, 0.2) is 0 Å². The van der Waals surface area contributed by atoms with Crippen LogP contribution in [-0.4, -0.2) is 24.7 Å². The molecule has 10 heavy (non-hydrogen) atoms. The SMILES string of the molecule is CC(C)OC(=O)[C@@H]1CCN1. The van der Waals surface area contributed by atoms with Crippen molar-refractivity contribution in [2.75, 3.05) is 6.54 Å². The number of esters is 1. The predicted octanol–water partition coefficient (Wildman–Crippen LogP) is 0.300. The van der Waals surface area contributed by atoms with Crippen LogP contribution in [0.2, 0.25) is 0 Å². The Balaban J connectivity index is 2.20. The Bertz CT molecular complexity index is 130. The van der Waals surface area contributed by atoms with Gasteiger partial charge in [0, 0.05) is 0 Å². The molecule has 0 aliphatic carbocycles. The average molecular weight is 143 g/mol. The van der Waals surface area contributed by atoms with E-state index in [2.05, 4.69) is 5.32 Å². The lowest BCUT2D eigenvalue weighted by Crippen LogP contribution is -2.49. The maximum absolute atomic E-state index is 11.0. The molecule has 58 valence electrons. The van der Waals surface area contributed by atoms with Gasteiger partial charge in [0.05, 0.1) is 6.10 Å². The molecule has 0 unspecified atom stereocenters. The summed E-state index contributed by atoms with van der Waals surface area (Å²) in [7, 11) is 0. The Hall–Kier alpha value is -0.570. The van der Waals surface area contributed by atoms with Gasteiger partial charge in [-0.1, -0.05) is 0 Å². The van der Waals surface area contributed by atoms with E-state index >= 15 is 0 Å². The van der Waals surface area contributed by atoms with Gasteiger partial charge in [-0.15, -0.1) is 0 Å². The first-order valence-electron chi connectivity index (χ1n) is 3.64. The van der Waals surface area contributed by atoms with Crippen molar-refractivity contribution in [3.63, 3.8) is 0 Å². The van der Waals surface area contributed by atoms with Crippen LogP contribution in [0.4, 0.5) is 0 Å². The number of carbonyl (C=O) groups excluding carboxylic acids is 1. The Morgan fingerprint density at radius 3 is 2.60 bits per heavy atom. The fourth-order valence-electron chi connectivity index (χ4n) is 0.804. The van der Waals surface area contributed by atoms with E-state index < -0.39 is 0 Å². The summed E-state index contributed by atoms with van der Waals surface area (Å²) in [6, 6.07) is -0.0256. The molecular weight excluding hydrogens is 130 g/mol. The third kappa shape index (κ3) is 1.70. The molecule has 0 aromatic heterocycles. The molecule has 1 N–H and O–H groups in total. The fourth-order valence-corrected chi connectivity index (χ4v) is 0.804. The first-order valence-corrected chi connectivity index (χ1v) is 3.64. The third-order valence-corrected chi connectivity index (χ3v) is 1.46. The maximum Gasteiger partial charge on any atom is 0.323 e. The van der Waals surface area contributed by atoms with Crippen molar-refractivity contribution in [1.82, 2.24) is 5.32 Å². The minimum absolute atomic E-state index is 0.00917. The molecule has 3 nitrogen and oxygen atoms in total. The lowest BCUT2D eigenvalue weighted by atomic mass is 10.1. The Kier molecular flexibility index (Phi) is 2.27. The number of ether oxygens (including phenoxy) is 1. The Morgan fingerprint density at radius 2 is 2.30 bits per heavy atom. The van der Waals surface area contributed by atoms with Crippen LogP contribution in [0.5, 0.6) is 0 Å². The molecule has 0 spiro atoms. The molecule has 1 aliphatic heterocycles. The lowest BCUT2D eigenvalue weighted by Gasteiger charge is -2.26. The topological polar surface area (TPSA) is 38.3 Å². The van der Waals surface area contributed by atoms with E-state index in [1.54, 1.807) is 0 Å². The summed E-state index contributed by atoms with van der Waals surface area (Å²) in [6.45, 7) is 4.66. The van der Waals surface area contributed by atoms with Gasteiger partial charge in [-0.2, -0.15) is 0 Å². The standard InChI is InChI=1S/C7H13NO2/c1-5(2)10-7(9)6-3-4-8-6/h5-6,8H,3-4H2,1-2H3/t6-/m0/s1. The van der Waals surface area contributed by atoms with Crippen LogP contribution in [0, 0.1) is 0 Å². The molecule has 1 fully saturated rings. The van der Waals surface area contributed by atoms with Crippen molar-refractivity contribution in [1.29, 1.82) is 0 Å². The van der Waals surface area contributed by atoms with Crippen LogP contribution >= 0.6 is 0 Å². The van der Waals surface area contributed by atoms with Gasteiger partial charge in [0.15, 0.2) is 0 Å². The zero-order valence-corrected chi connectivity index (χ0v) is 6.39. The van der Waals surface area contributed by atoms with Gasteiger partial charge in [-0.05, 0) is 26.8 Å². The Labute approximate surface area is 60.7 Å². The minimum Gasteiger partial charge on any atom is -0.462 e. The summed E-state index contributed by atoms with van der Waals surface area (Å²) in [5.41, 5.74) is 0. The van der Waals surface area contributed by atoms with Crippen LogP contribution in [-0.2, 0) is 9.53 Å². The van der Waals surface area contributed by atoms with Crippen LogP contribution < -0.4 is 5.32 Å². The number of hydrogen-bond donors (Lipinski definition) is 1. The van der Waals surface area contributed by atoms with Crippen molar-refractivity contribution in [2.45, 2.75) is 32.4 Å². The molecule has 0 amide bonds. The summed E-state index contributed by atoms with van der Waals surface area (Å²) < 4.78 is 4.95. The summed E-state index contributed by atoms with van der Waals surface area (Å²) in [6.07, 6.45) is 0.931. The predicted molar refractivity (Wildman–Crippen MR) is 37.6 cm³/mol. The zero-order chi connectivity index (χ0) is 7.56. The van der Waals surface area contributed by atoms with Gasteiger partial charge in [-0.25, -0.2) is 0 Å². The maximum atomic E-state index is 11.0. The molecule has 0 aromatic rings. The van der Waals surface area contributed by atoms with Crippen LogP contribution in [0.25, 0.3) is 0 Å². The summed E-state index contributed by atoms with van der Waals surface area (Å²) in [5, 5.41) is 2.98. The van der Waals surface area contributed by atoms with E-state index in [9.17, 15) is 4.79 Å². The molecule has 1 saturated heterocycles. The lowest BCUT2D eigenvalue weighted by molar-refractivity contribution is -0.151. The van der Waals surface area contributed by atoms with Gasteiger partial charge in [0.25, 0.3) is 0 Å². The first kappa shape index (κ1) is 7.54. The van der Waals surface area contributed by atoms with Gasteiger partial charge >= 0.3 is 5.97 Å². The zero-order valence-electron chi connectivity index (χ0n) is 6.39. The fraction of sp³-hybridized carbons (Fsp3) is 0.857. The van der Waals surface area contributed by atoms with Crippen molar-refractivity contribution in [3.8, 4) is 0 Å². The molecule has 1 atom stereocenters. The van der Waals surface area contributed by atoms with Gasteiger partial charge in [0.1, 0.15) is 6.04 Å². The summed E-state index contributed by atoms with van der Waals surface area (Å²) in [4.78, 5) is 11.0. The monoisotopic (exact) mass is 143 g/mol. The molecule has 0 aromatic carbocycles. The average Bonchev–Trinajstić information content (AvgIpc) is 1.55. The summed E-state index contributed by atoms with van der Waals surface area (Å²) >= 11 is 0. The number of hydrogen-bond acceptors (Lipinski definition) is 3. The van der Waals surface area contributed by atoms with E-state index in [1.165, 1.54) is 0 Å². The summed E-state index contributed by atoms with van der Waals surface area (Å²) in [5.74, 6) is -0.110. The van der Waals surface area contributed by atoms with E-state index in [0.717, 1.165) is 13.0 Å². The highest BCUT2D eigenvalue weighted by Gasteiger charge is 2.26. The highest BCUT2D eigenvalue weighted by Crippen LogP contribution is 2.05. The van der Waals surface area contributed by atoms with Crippen LogP contribution in [0.3, 0.4) is 0 Å². The molecule has 1 rings (SSSR count). The van der Waals surface area contributed by atoms with Crippen LogP contribution in [0.1, 0.15) is 20.3 Å². The molecule has 1 aliphatic rings. The minimum atomic E-state index is -0.110. The second-order valence-electron chi connectivity index (χ2n) is 2.78. The van der Waals surface area contributed by atoms with Crippen molar-refractivity contribution in [2.24, 2.45) is 0 Å². The van der Waals surface area contributed by atoms with E-state index in [0.29, 0.717) is 0 Å². The largest absolute Gasteiger partial charge is 0.462 e. The van der Waals surface area contributed by atoms with Crippen molar-refractivity contribution < 1.29 is 9.53 Å². The highest BCUT2D eigenvalue weighted by molar-refractivity contribution is 5.76. The highest BCUT2D eigenvalue weighted by atomic mass is 16.5. The smallest absolute Gasteiger partial charge is 0.323 e. The molecule has 0 radical (unpaired) electrons. The van der Waals surface area contributed by atoms with Gasteiger partial charge in [0.2, 0.25) is 0 Å². The number of rotatable bonds is 2. The molecule has 0 bridgehead atoms. The molecule has 1 heterocycles. The van der Waals surface area contributed by atoms with Gasteiger partial charge < -0.3 is 10.1 Å². The normalized spacial score (nSPS) is 24.1. The molecular formula is C7H13NO2. The third-order valence-electron chi connectivity index (χ3n) is 1.46. The molecule has 0 saturated carbocycles. The quantitative estimate of drug-likeness (QED) is 0.565. The molecule has 3 heteroatoms. The number of carbonyl (C=O) groups is 1.